The van der Waals surface area contributed by atoms with E-state index in [2.05, 4.69) is 15.2 Å². The molecule has 1 aromatic rings. The Kier molecular flexibility index (Phi) is 4.28. The van der Waals surface area contributed by atoms with E-state index in [-0.39, 0.29) is 6.03 Å². The molecule has 1 rings (SSSR count). The Bertz CT molecular complexity index is 345. The molecule has 0 bridgehead atoms. The molecule has 16 heavy (non-hydrogen) atoms. The Hall–Kier alpha value is -1.59. The molecule has 0 atom stereocenters. The van der Waals surface area contributed by atoms with Gasteiger partial charge in [0.25, 0.3) is 0 Å². The van der Waals surface area contributed by atoms with Crippen LogP contribution in [0.25, 0.3) is 0 Å². The highest BCUT2D eigenvalue weighted by molar-refractivity contribution is 5.73. The molecule has 0 saturated carbocycles. The van der Waals surface area contributed by atoms with Gasteiger partial charge in [0.05, 0.1) is 6.54 Å². The first-order valence-electron chi connectivity index (χ1n) is 5.46. The SMILES string of the molecule is CCN(CC)C(=O)N(C)Cc1n[nH]c(C)n1. The number of carbonyl (C=O) groups excluding carboxylic acids is 1. The Morgan fingerprint density at radius 3 is 2.44 bits per heavy atom. The van der Waals surface area contributed by atoms with Gasteiger partial charge in [-0.1, -0.05) is 0 Å². The zero-order chi connectivity index (χ0) is 12.1. The summed E-state index contributed by atoms with van der Waals surface area (Å²) >= 11 is 0. The van der Waals surface area contributed by atoms with E-state index < -0.39 is 0 Å². The number of rotatable bonds is 4. The summed E-state index contributed by atoms with van der Waals surface area (Å²) < 4.78 is 0. The highest BCUT2D eigenvalue weighted by Crippen LogP contribution is 2.01. The fourth-order valence-electron chi connectivity index (χ4n) is 1.48. The summed E-state index contributed by atoms with van der Waals surface area (Å²) in [5.74, 6) is 1.40. The van der Waals surface area contributed by atoms with Crippen LogP contribution in [0.3, 0.4) is 0 Å². The molecule has 0 saturated heterocycles. The van der Waals surface area contributed by atoms with Crippen molar-refractivity contribution in [1.29, 1.82) is 0 Å². The molecule has 6 heteroatoms. The average Bonchev–Trinajstić information content (AvgIpc) is 2.65. The van der Waals surface area contributed by atoms with Crippen LogP contribution in [0.2, 0.25) is 0 Å². The molecule has 1 heterocycles. The number of amides is 2. The summed E-state index contributed by atoms with van der Waals surface area (Å²) in [5, 5.41) is 6.76. The normalized spacial score (nSPS) is 10.2. The Morgan fingerprint density at radius 2 is 2.00 bits per heavy atom. The number of aromatic amines is 1. The van der Waals surface area contributed by atoms with Crippen molar-refractivity contribution in [3.8, 4) is 0 Å². The second kappa shape index (κ2) is 5.48. The summed E-state index contributed by atoms with van der Waals surface area (Å²) in [6.07, 6.45) is 0. The maximum Gasteiger partial charge on any atom is 0.320 e. The lowest BCUT2D eigenvalue weighted by Crippen LogP contribution is -2.40. The van der Waals surface area contributed by atoms with Gasteiger partial charge in [0.2, 0.25) is 0 Å². The standard InChI is InChI=1S/C10H19N5O/c1-5-15(6-2)10(16)14(4)7-9-11-8(3)12-13-9/h5-7H2,1-4H3,(H,11,12,13). The van der Waals surface area contributed by atoms with Crippen molar-refractivity contribution >= 4 is 6.03 Å². The van der Waals surface area contributed by atoms with Crippen LogP contribution in [0.4, 0.5) is 4.79 Å². The molecule has 0 unspecified atom stereocenters. The zero-order valence-electron chi connectivity index (χ0n) is 10.3. The third-order valence-corrected chi connectivity index (χ3v) is 2.38. The van der Waals surface area contributed by atoms with Gasteiger partial charge in [-0.05, 0) is 20.8 Å². The van der Waals surface area contributed by atoms with Gasteiger partial charge in [-0.15, -0.1) is 0 Å². The van der Waals surface area contributed by atoms with Gasteiger partial charge < -0.3 is 9.80 Å². The van der Waals surface area contributed by atoms with Crippen molar-refractivity contribution in [2.45, 2.75) is 27.3 Å². The van der Waals surface area contributed by atoms with Gasteiger partial charge in [-0.2, -0.15) is 5.10 Å². The third-order valence-electron chi connectivity index (χ3n) is 2.38. The Balaban J connectivity index is 2.57. The molecule has 0 aromatic carbocycles. The number of carbonyl (C=O) groups is 1. The number of nitrogens with one attached hydrogen (secondary N) is 1. The fourth-order valence-corrected chi connectivity index (χ4v) is 1.48. The molecule has 90 valence electrons. The maximum absolute atomic E-state index is 11.9. The van der Waals surface area contributed by atoms with Crippen LogP contribution in [0, 0.1) is 6.92 Å². The van der Waals surface area contributed by atoms with Gasteiger partial charge in [0.1, 0.15) is 5.82 Å². The predicted octanol–water partition coefficient (Wildman–Crippen LogP) is 1.01. The molecule has 1 aromatic heterocycles. The number of aromatic nitrogens is 3. The molecule has 2 amide bonds. The van der Waals surface area contributed by atoms with Crippen LogP contribution in [0.5, 0.6) is 0 Å². The molecule has 0 fully saturated rings. The van der Waals surface area contributed by atoms with Gasteiger partial charge in [-0.25, -0.2) is 9.78 Å². The third kappa shape index (κ3) is 2.95. The highest BCUT2D eigenvalue weighted by atomic mass is 16.2. The molecular weight excluding hydrogens is 206 g/mol. The number of nitrogens with zero attached hydrogens (tertiary/aromatic N) is 4. The van der Waals surface area contributed by atoms with Crippen LogP contribution >= 0.6 is 0 Å². The van der Waals surface area contributed by atoms with E-state index in [0.29, 0.717) is 25.5 Å². The second-order valence-electron chi connectivity index (χ2n) is 3.65. The lowest BCUT2D eigenvalue weighted by Gasteiger charge is -2.25. The first-order chi connectivity index (χ1) is 7.58. The molecule has 0 radical (unpaired) electrons. The monoisotopic (exact) mass is 225 g/mol. The minimum atomic E-state index is 0.00690. The lowest BCUT2D eigenvalue weighted by molar-refractivity contribution is 0.164. The van der Waals surface area contributed by atoms with E-state index in [1.807, 2.05) is 20.8 Å². The minimum Gasteiger partial charge on any atom is -0.325 e. The van der Waals surface area contributed by atoms with E-state index in [4.69, 9.17) is 0 Å². The van der Waals surface area contributed by atoms with Crippen molar-refractivity contribution < 1.29 is 4.79 Å². The first-order valence-corrected chi connectivity index (χ1v) is 5.46. The van der Waals surface area contributed by atoms with Gasteiger partial charge in [-0.3, -0.25) is 5.10 Å². The molecule has 0 spiro atoms. The molecule has 1 N–H and O–H groups in total. The molecule has 6 nitrogen and oxygen atoms in total. The largest absolute Gasteiger partial charge is 0.325 e. The summed E-state index contributed by atoms with van der Waals surface area (Å²) in [5.41, 5.74) is 0. The Labute approximate surface area is 95.6 Å². The number of hydrogen-bond acceptors (Lipinski definition) is 3. The molecular formula is C10H19N5O. The summed E-state index contributed by atoms with van der Waals surface area (Å²) in [7, 11) is 1.76. The van der Waals surface area contributed by atoms with Crippen LogP contribution in [-0.2, 0) is 6.54 Å². The van der Waals surface area contributed by atoms with E-state index in [1.165, 1.54) is 0 Å². The number of hydrogen-bond donors (Lipinski definition) is 1. The predicted molar refractivity (Wildman–Crippen MR) is 60.9 cm³/mol. The van der Waals surface area contributed by atoms with Crippen LogP contribution < -0.4 is 0 Å². The van der Waals surface area contributed by atoms with Crippen molar-refractivity contribution in [1.82, 2.24) is 25.0 Å². The van der Waals surface area contributed by atoms with Crippen molar-refractivity contribution in [2.24, 2.45) is 0 Å². The van der Waals surface area contributed by atoms with Crippen LogP contribution in [0.15, 0.2) is 0 Å². The molecule has 0 aliphatic rings. The summed E-state index contributed by atoms with van der Waals surface area (Å²) in [6, 6.07) is 0.00690. The Morgan fingerprint density at radius 1 is 1.38 bits per heavy atom. The van der Waals surface area contributed by atoms with Crippen molar-refractivity contribution in [3.05, 3.63) is 11.6 Å². The summed E-state index contributed by atoms with van der Waals surface area (Å²) in [6.45, 7) is 7.63. The zero-order valence-corrected chi connectivity index (χ0v) is 10.3. The number of urea groups is 1. The number of H-pyrrole nitrogens is 1. The van der Waals surface area contributed by atoms with Gasteiger partial charge in [0, 0.05) is 20.1 Å². The van der Waals surface area contributed by atoms with E-state index in [0.717, 1.165) is 5.82 Å². The lowest BCUT2D eigenvalue weighted by atomic mass is 10.5. The molecule has 0 aliphatic heterocycles. The summed E-state index contributed by atoms with van der Waals surface area (Å²) in [4.78, 5) is 19.5. The maximum atomic E-state index is 11.9. The average molecular weight is 225 g/mol. The first kappa shape index (κ1) is 12.5. The molecule has 0 aliphatic carbocycles. The van der Waals surface area contributed by atoms with Crippen LogP contribution in [0.1, 0.15) is 25.5 Å². The van der Waals surface area contributed by atoms with E-state index in [9.17, 15) is 4.79 Å². The second-order valence-corrected chi connectivity index (χ2v) is 3.65. The quantitative estimate of drug-likeness (QED) is 0.831. The van der Waals surface area contributed by atoms with Crippen molar-refractivity contribution in [3.63, 3.8) is 0 Å². The van der Waals surface area contributed by atoms with Crippen LogP contribution in [-0.4, -0.2) is 51.1 Å². The van der Waals surface area contributed by atoms with E-state index >= 15 is 0 Å². The van der Waals surface area contributed by atoms with Crippen molar-refractivity contribution in [2.75, 3.05) is 20.1 Å². The fraction of sp³-hybridized carbons (Fsp3) is 0.700. The van der Waals surface area contributed by atoms with Gasteiger partial charge in [0.15, 0.2) is 5.82 Å². The highest BCUT2D eigenvalue weighted by Gasteiger charge is 2.16. The number of aryl methyl sites for hydroxylation is 1. The minimum absolute atomic E-state index is 0.00690. The van der Waals surface area contributed by atoms with E-state index in [1.54, 1.807) is 16.8 Å². The topological polar surface area (TPSA) is 65.1 Å². The smallest absolute Gasteiger partial charge is 0.320 e. The van der Waals surface area contributed by atoms with Gasteiger partial charge >= 0.3 is 6.03 Å².